The summed E-state index contributed by atoms with van der Waals surface area (Å²) in [6, 6.07) is 9.99. The Morgan fingerprint density at radius 2 is 1.82 bits per heavy atom. The Kier molecular flexibility index (Phi) is 6.82. The van der Waals surface area contributed by atoms with Gasteiger partial charge >= 0.3 is 51.4 Å². The van der Waals surface area contributed by atoms with E-state index in [0.717, 1.165) is 6.42 Å². The predicted octanol–water partition coefficient (Wildman–Crippen LogP) is 0.961. The van der Waals surface area contributed by atoms with Crippen LogP contribution in [0.3, 0.4) is 0 Å². The molecule has 1 aromatic rings. The zero-order chi connectivity index (χ0) is 7.40. The van der Waals surface area contributed by atoms with Crippen LogP contribution in [0.1, 0.15) is 12.5 Å². The standard InChI is InChI=1S/C9H12O.K.H/c1-8(10)7-9-5-3-2-4-6-9;;/h2-6,8,10H,7H2,1H3;;. The first-order valence-electron chi connectivity index (χ1n) is 3.51. The van der Waals surface area contributed by atoms with Crippen molar-refractivity contribution in [2.24, 2.45) is 0 Å². The van der Waals surface area contributed by atoms with Crippen LogP contribution in [0.15, 0.2) is 30.3 Å². The van der Waals surface area contributed by atoms with Crippen molar-refractivity contribution in [3.63, 3.8) is 0 Å². The average Bonchev–Trinajstić information content (AvgIpc) is 1.88. The van der Waals surface area contributed by atoms with E-state index in [1.807, 2.05) is 30.3 Å². The number of rotatable bonds is 2. The maximum absolute atomic E-state index is 9.01. The van der Waals surface area contributed by atoms with Crippen LogP contribution < -0.4 is 0 Å². The molecule has 0 aliphatic rings. The Morgan fingerprint density at radius 1 is 1.27 bits per heavy atom. The molecule has 0 amide bonds. The van der Waals surface area contributed by atoms with Gasteiger partial charge in [-0.2, -0.15) is 0 Å². The third-order valence-electron chi connectivity index (χ3n) is 1.37. The summed E-state index contributed by atoms with van der Waals surface area (Å²) in [4.78, 5) is 0. The topological polar surface area (TPSA) is 20.2 Å². The molecule has 1 atom stereocenters. The van der Waals surface area contributed by atoms with Crippen molar-refractivity contribution in [3.8, 4) is 0 Å². The molecule has 0 radical (unpaired) electrons. The second kappa shape index (κ2) is 6.35. The Bertz CT molecular complexity index is 184. The Labute approximate surface area is 110 Å². The van der Waals surface area contributed by atoms with Crippen molar-refractivity contribution in [1.29, 1.82) is 0 Å². The summed E-state index contributed by atoms with van der Waals surface area (Å²) in [5.41, 5.74) is 1.19. The molecule has 0 fully saturated rings. The molecular weight excluding hydrogens is 163 g/mol. The van der Waals surface area contributed by atoms with E-state index in [9.17, 15) is 0 Å². The van der Waals surface area contributed by atoms with Gasteiger partial charge in [-0.15, -0.1) is 0 Å². The molecule has 56 valence electrons. The van der Waals surface area contributed by atoms with Gasteiger partial charge in [-0.1, -0.05) is 30.3 Å². The third kappa shape index (κ3) is 5.12. The number of aliphatic hydroxyl groups excluding tert-OH is 1. The minimum absolute atomic E-state index is 0. The monoisotopic (exact) mass is 176 g/mol. The van der Waals surface area contributed by atoms with Gasteiger partial charge in [0.1, 0.15) is 0 Å². The van der Waals surface area contributed by atoms with Gasteiger partial charge in [0.2, 0.25) is 0 Å². The molecule has 0 heterocycles. The van der Waals surface area contributed by atoms with E-state index in [1.54, 1.807) is 6.92 Å². The van der Waals surface area contributed by atoms with E-state index in [4.69, 9.17) is 5.11 Å². The summed E-state index contributed by atoms with van der Waals surface area (Å²) in [6.07, 6.45) is 0.517. The Hall–Kier alpha value is 0.816. The van der Waals surface area contributed by atoms with Gasteiger partial charge in [0.15, 0.2) is 0 Å². The second-order valence-corrected chi connectivity index (χ2v) is 2.54. The van der Waals surface area contributed by atoms with Crippen LogP contribution in [0.25, 0.3) is 0 Å². The van der Waals surface area contributed by atoms with E-state index >= 15 is 0 Å². The van der Waals surface area contributed by atoms with Gasteiger partial charge in [0.25, 0.3) is 0 Å². The molecule has 0 bridgehead atoms. The minimum atomic E-state index is -0.234. The number of aliphatic hydroxyl groups is 1. The molecule has 0 spiro atoms. The molecule has 0 aliphatic carbocycles. The fraction of sp³-hybridized carbons (Fsp3) is 0.333. The van der Waals surface area contributed by atoms with Gasteiger partial charge in [-0.05, 0) is 18.9 Å². The van der Waals surface area contributed by atoms with Crippen LogP contribution in [-0.2, 0) is 6.42 Å². The van der Waals surface area contributed by atoms with E-state index < -0.39 is 0 Å². The first-order chi connectivity index (χ1) is 4.79. The van der Waals surface area contributed by atoms with Crippen molar-refractivity contribution in [2.45, 2.75) is 19.4 Å². The quantitative estimate of drug-likeness (QED) is 0.666. The fourth-order valence-corrected chi connectivity index (χ4v) is 0.955. The van der Waals surface area contributed by atoms with Crippen molar-refractivity contribution in [2.75, 3.05) is 0 Å². The third-order valence-corrected chi connectivity index (χ3v) is 1.37. The van der Waals surface area contributed by atoms with Crippen molar-refractivity contribution in [1.82, 2.24) is 0 Å². The Morgan fingerprint density at radius 3 is 2.27 bits per heavy atom. The molecule has 1 rings (SSSR count). The summed E-state index contributed by atoms with van der Waals surface area (Å²) in [5.74, 6) is 0. The number of hydrogen-bond donors (Lipinski definition) is 1. The number of benzene rings is 1. The van der Waals surface area contributed by atoms with Gasteiger partial charge in [0.05, 0.1) is 6.10 Å². The molecule has 1 aromatic carbocycles. The second-order valence-electron chi connectivity index (χ2n) is 2.54. The molecule has 0 saturated carbocycles. The average molecular weight is 176 g/mol. The SMILES string of the molecule is CC(O)Cc1ccccc1.[KH]. The predicted molar refractivity (Wildman–Crippen MR) is 49.0 cm³/mol. The van der Waals surface area contributed by atoms with E-state index in [1.165, 1.54) is 5.56 Å². The van der Waals surface area contributed by atoms with Crippen molar-refractivity contribution in [3.05, 3.63) is 35.9 Å². The summed E-state index contributed by atoms with van der Waals surface area (Å²) < 4.78 is 0. The van der Waals surface area contributed by atoms with E-state index in [-0.39, 0.29) is 57.5 Å². The maximum atomic E-state index is 9.01. The molecule has 2 heteroatoms. The van der Waals surface area contributed by atoms with E-state index in [2.05, 4.69) is 0 Å². The first kappa shape index (κ1) is 11.8. The van der Waals surface area contributed by atoms with Crippen LogP contribution >= 0.6 is 0 Å². The molecule has 0 saturated heterocycles. The summed E-state index contributed by atoms with van der Waals surface area (Å²) in [5, 5.41) is 9.01. The van der Waals surface area contributed by atoms with E-state index in [0.29, 0.717) is 0 Å². The van der Waals surface area contributed by atoms with Gasteiger partial charge < -0.3 is 5.11 Å². The molecule has 1 N–H and O–H groups in total. The summed E-state index contributed by atoms with van der Waals surface area (Å²) in [7, 11) is 0. The number of hydrogen-bond acceptors (Lipinski definition) is 1. The van der Waals surface area contributed by atoms with Crippen LogP contribution in [0, 0.1) is 0 Å². The molecular formula is C9H13KO. The van der Waals surface area contributed by atoms with Crippen LogP contribution in [0.5, 0.6) is 0 Å². The Balaban J connectivity index is 0.000001000. The summed E-state index contributed by atoms with van der Waals surface area (Å²) in [6.45, 7) is 1.80. The summed E-state index contributed by atoms with van der Waals surface area (Å²) >= 11 is 0. The fourth-order valence-electron chi connectivity index (χ4n) is 0.955. The molecule has 0 aliphatic heterocycles. The molecule has 11 heavy (non-hydrogen) atoms. The molecule has 0 aromatic heterocycles. The van der Waals surface area contributed by atoms with Gasteiger partial charge in [-0.3, -0.25) is 0 Å². The zero-order valence-electron chi connectivity index (χ0n) is 6.12. The normalized spacial score (nSPS) is 11.8. The molecule has 1 nitrogen and oxygen atoms in total. The van der Waals surface area contributed by atoms with Crippen LogP contribution in [0.2, 0.25) is 0 Å². The van der Waals surface area contributed by atoms with Crippen LogP contribution in [0.4, 0.5) is 0 Å². The van der Waals surface area contributed by atoms with Crippen molar-refractivity contribution >= 4 is 51.4 Å². The van der Waals surface area contributed by atoms with Crippen LogP contribution in [-0.4, -0.2) is 62.6 Å². The van der Waals surface area contributed by atoms with Gasteiger partial charge in [0, 0.05) is 0 Å². The van der Waals surface area contributed by atoms with Gasteiger partial charge in [-0.25, -0.2) is 0 Å². The zero-order valence-corrected chi connectivity index (χ0v) is 6.12. The van der Waals surface area contributed by atoms with Crippen molar-refractivity contribution < 1.29 is 5.11 Å². The molecule has 1 unspecified atom stereocenters. The first-order valence-corrected chi connectivity index (χ1v) is 3.51.